The highest BCUT2D eigenvalue weighted by Crippen LogP contribution is 2.12. The third-order valence-corrected chi connectivity index (χ3v) is 3.22. The highest BCUT2D eigenvalue weighted by atomic mass is 16.2. The molecule has 0 unspecified atom stereocenters. The molecule has 1 saturated heterocycles. The van der Waals surface area contributed by atoms with Gasteiger partial charge < -0.3 is 4.90 Å². The van der Waals surface area contributed by atoms with Gasteiger partial charge in [0.05, 0.1) is 0 Å². The fraction of sp³-hybridized carbons (Fsp3) is 0.769. The molecule has 0 bridgehead atoms. The minimum absolute atomic E-state index is 0.0263. The van der Waals surface area contributed by atoms with Gasteiger partial charge in [-0.3, -0.25) is 19.3 Å². The molecule has 1 aliphatic heterocycles. The molecule has 1 fully saturated rings. The second-order valence-electron chi connectivity index (χ2n) is 4.52. The van der Waals surface area contributed by atoms with Crippen LogP contribution in [0.15, 0.2) is 0 Å². The van der Waals surface area contributed by atoms with Crippen LogP contribution in [0.25, 0.3) is 0 Å². The van der Waals surface area contributed by atoms with E-state index in [-0.39, 0.29) is 30.7 Å². The fourth-order valence-corrected chi connectivity index (χ4v) is 2.05. The molecule has 0 saturated carbocycles. The molecular weight excluding hydrogens is 232 g/mol. The Kier molecular flexibility index (Phi) is 5.82. The normalized spacial score (nSPS) is 15.3. The third-order valence-electron chi connectivity index (χ3n) is 3.22. The first-order valence-corrected chi connectivity index (χ1v) is 6.71. The molecule has 1 rings (SSSR count). The Morgan fingerprint density at radius 2 is 1.83 bits per heavy atom. The van der Waals surface area contributed by atoms with E-state index in [1.165, 1.54) is 4.90 Å². The molecule has 1 aliphatic rings. The van der Waals surface area contributed by atoms with Gasteiger partial charge in [-0.25, -0.2) is 0 Å². The van der Waals surface area contributed by atoms with Crippen LogP contribution in [-0.4, -0.2) is 47.2 Å². The van der Waals surface area contributed by atoms with Gasteiger partial charge in [-0.2, -0.15) is 0 Å². The molecule has 5 heteroatoms. The zero-order valence-electron chi connectivity index (χ0n) is 11.3. The van der Waals surface area contributed by atoms with Crippen molar-refractivity contribution in [3.63, 3.8) is 0 Å². The maximum absolute atomic E-state index is 11.9. The molecule has 0 spiro atoms. The van der Waals surface area contributed by atoms with Crippen LogP contribution in [0.3, 0.4) is 0 Å². The Balaban J connectivity index is 2.39. The number of carbonyl (C=O) groups is 3. The van der Waals surface area contributed by atoms with E-state index in [1.807, 2.05) is 6.92 Å². The smallest absolute Gasteiger partial charge is 0.229 e. The van der Waals surface area contributed by atoms with Gasteiger partial charge in [0, 0.05) is 38.9 Å². The van der Waals surface area contributed by atoms with Crippen molar-refractivity contribution in [1.82, 2.24) is 9.80 Å². The first-order chi connectivity index (χ1) is 8.60. The Morgan fingerprint density at radius 3 is 2.33 bits per heavy atom. The van der Waals surface area contributed by atoms with Crippen LogP contribution in [0.1, 0.15) is 46.0 Å². The summed E-state index contributed by atoms with van der Waals surface area (Å²) >= 11 is 0. The van der Waals surface area contributed by atoms with Crippen LogP contribution in [0, 0.1) is 0 Å². The number of carbonyl (C=O) groups excluding carboxylic acids is 3. The molecular formula is C13H22N2O3. The number of amides is 3. The Hall–Kier alpha value is -1.39. The van der Waals surface area contributed by atoms with Crippen molar-refractivity contribution in [3.8, 4) is 0 Å². The molecule has 0 radical (unpaired) electrons. The molecule has 1 heterocycles. The molecule has 0 atom stereocenters. The molecule has 102 valence electrons. The summed E-state index contributed by atoms with van der Waals surface area (Å²) in [7, 11) is 0. The molecule has 5 nitrogen and oxygen atoms in total. The summed E-state index contributed by atoms with van der Waals surface area (Å²) in [5.74, 6) is -0.271. The standard InChI is InChI=1S/C13H22N2O3/c1-3-5-9-14(4-2)11(16)8-10-15-12(17)6-7-13(15)18/h3-10H2,1-2H3. The van der Waals surface area contributed by atoms with E-state index in [2.05, 4.69) is 6.92 Å². The lowest BCUT2D eigenvalue weighted by atomic mass is 10.2. The van der Waals surface area contributed by atoms with Gasteiger partial charge in [0.1, 0.15) is 0 Å². The van der Waals surface area contributed by atoms with Crippen LogP contribution in [0.4, 0.5) is 0 Å². The molecule has 3 amide bonds. The summed E-state index contributed by atoms with van der Waals surface area (Å²) in [6.45, 7) is 5.70. The van der Waals surface area contributed by atoms with E-state index >= 15 is 0 Å². The lowest BCUT2D eigenvalue weighted by Gasteiger charge is -2.22. The summed E-state index contributed by atoms with van der Waals surface area (Å²) in [6.07, 6.45) is 2.86. The summed E-state index contributed by atoms with van der Waals surface area (Å²) in [5, 5.41) is 0. The highest BCUT2D eigenvalue weighted by molar-refractivity contribution is 6.02. The van der Waals surface area contributed by atoms with Crippen molar-refractivity contribution in [3.05, 3.63) is 0 Å². The summed E-state index contributed by atoms with van der Waals surface area (Å²) in [5.41, 5.74) is 0. The number of nitrogens with zero attached hydrogens (tertiary/aromatic N) is 2. The number of unbranched alkanes of at least 4 members (excludes halogenated alkanes) is 1. The minimum atomic E-state index is -0.149. The SMILES string of the molecule is CCCCN(CC)C(=O)CCN1C(=O)CCC1=O. The van der Waals surface area contributed by atoms with Crippen LogP contribution >= 0.6 is 0 Å². The van der Waals surface area contributed by atoms with E-state index in [0.29, 0.717) is 19.4 Å². The topological polar surface area (TPSA) is 57.7 Å². The van der Waals surface area contributed by atoms with Gasteiger partial charge in [0.25, 0.3) is 0 Å². The molecule has 0 aliphatic carbocycles. The van der Waals surface area contributed by atoms with Crippen molar-refractivity contribution in [1.29, 1.82) is 0 Å². The molecule has 0 N–H and O–H groups in total. The van der Waals surface area contributed by atoms with E-state index < -0.39 is 0 Å². The highest BCUT2D eigenvalue weighted by Gasteiger charge is 2.29. The number of imide groups is 1. The number of rotatable bonds is 7. The second kappa shape index (κ2) is 7.13. The third kappa shape index (κ3) is 3.82. The zero-order valence-corrected chi connectivity index (χ0v) is 11.3. The average Bonchev–Trinajstić information content (AvgIpc) is 2.67. The van der Waals surface area contributed by atoms with Gasteiger partial charge in [0.15, 0.2) is 0 Å². The Labute approximate surface area is 108 Å². The van der Waals surface area contributed by atoms with Gasteiger partial charge in [0.2, 0.25) is 17.7 Å². The molecule has 18 heavy (non-hydrogen) atoms. The summed E-state index contributed by atoms with van der Waals surface area (Å²) in [6, 6.07) is 0. The Bertz CT molecular complexity index is 312. The maximum Gasteiger partial charge on any atom is 0.229 e. The van der Waals surface area contributed by atoms with Crippen LogP contribution in [0.2, 0.25) is 0 Å². The van der Waals surface area contributed by atoms with Crippen LogP contribution < -0.4 is 0 Å². The van der Waals surface area contributed by atoms with Crippen LogP contribution in [-0.2, 0) is 14.4 Å². The second-order valence-corrected chi connectivity index (χ2v) is 4.52. The zero-order chi connectivity index (χ0) is 13.5. The number of hydrogen-bond donors (Lipinski definition) is 0. The molecule has 0 aromatic heterocycles. The lowest BCUT2D eigenvalue weighted by molar-refractivity contribution is -0.139. The van der Waals surface area contributed by atoms with Gasteiger partial charge >= 0.3 is 0 Å². The van der Waals surface area contributed by atoms with Crippen molar-refractivity contribution in [2.24, 2.45) is 0 Å². The average molecular weight is 254 g/mol. The minimum Gasteiger partial charge on any atom is -0.343 e. The van der Waals surface area contributed by atoms with Crippen molar-refractivity contribution >= 4 is 17.7 Å². The monoisotopic (exact) mass is 254 g/mol. The predicted molar refractivity (Wildman–Crippen MR) is 67.7 cm³/mol. The van der Waals surface area contributed by atoms with Crippen molar-refractivity contribution < 1.29 is 14.4 Å². The first-order valence-electron chi connectivity index (χ1n) is 6.71. The quantitative estimate of drug-likeness (QED) is 0.641. The number of hydrogen-bond acceptors (Lipinski definition) is 3. The van der Waals surface area contributed by atoms with Gasteiger partial charge in [-0.05, 0) is 13.3 Å². The fourth-order valence-electron chi connectivity index (χ4n) is 2.05. The van der Waals surface area contributed by atoms with Crippen LogP contribution in [0.5, 0.6) is 0 Å². The first kappa shape index (κ1) is 14.7. The van der Waals surface area contributed by atoms with E-state index in [9.17, 15) is 14.4 Å². The van der Waals surface area contributed by atoms with Crippen molar-refractivity contribution in [2.75, 3.05) is 19.6 Å². The van der Waals surface area contributed by atoms with Gasteiger partial charge in [-0.15, -0.1) is 0 Å². The van der Waals surface area contributed by atoms with E-state index in [0.717, 1.165) is 19.4 Å². The van der Waals surface area contributed by atoms with Crippen molar-refractivity contribution in [2.45, 2.75) is 46.0 Å². The number of likely N-dealkylation sites (tertiary alicyclic amines) is 1. The molecule has 0 aromatic rings. The summed E-state index contributed by atoms with van der Waals surface area (Å²) in [4.78, 5) is 37.7. The van der Waals surface area contributed by atoms with Gasteiger partial charge in [-0.1, -0.05) is 13.3 Å². The summed E-state index contributed by atoms with van der Waals surface area (Å²) < 4.78 is 0. The largest absolute Gasteiger partial charge is 0.343 e. The Morgan fingerprint density at radius 1 is 1.22 bits per heavy atom. The lowest BCUT2D eigenvalue weighted by Crippen LogP contribution is -2.36. The van der Waals surface area contributed by atoms with E-state index in [1.54, 1.807) is 4.90 Å². The van der Waals surface area contributed by atoms with E-state index in [4.69, 9.17) is 0 Å². The maximum atomic E-state index is 11.9. The molecule has 0 aromatic carbocycles. The predicted octanol–water partition coefficient (Wildman–Crippen LogP) is 1.17.